The molecule has 0 bridgehead atoms. The Morgan fingerprint density at radius 3 is 3.31 bits per heavy atom. The highest BCUT2D eigenvalue weighted by Crippen LogP contribution is 2.22. The summed E-state index contributed by atoms with van der Waals surface area (Å²) in [5.74, 6) is -0.111. The van der Waals surface area contributed by atoms with Crippen LogP contribution in [0.15, 0.2) is 10.7 Å². The van der Waals surface area contributed by atoms with Crippen LogP contribution in [-0.4, -0.2) is 31.5 Å². The summed E-state index contributed by atoms with van der Waals surface area (Å²) in [6.45, 7) is 0. The van der Waals surface area contributed by atoms with E-state index in [1.165, 1.54) is 29.4 Å². The predicted octanol–water partition coefficient (Wildman–Crippen LogP) is -0.237. The molecule has 2 aromatic rings. The molecule has 0 aliphatic rings. The second-order valence-electron chi connectivity index (χ2n) is 2.18. The Hall–Kier alpha value is -1.15. The number of nitrogens with two attached hydrogens (primary N) is 1. The van der Waals surface area contributed by atoms with Crippen molar-refractivity contribution in [3.63, 3.8) is 0 Å². The molecule has 0 aliphatic heterocycles. The SMILES string of the molecule is NC(=O)CSc1nn2cnnc2s1. The van der Waals surface area contributed by atoms with Crippen LogP contribution in [0.3, 0.4) is 0 Å². The number of thioether (sulfide) groups is 1. The number of hydrogen-bond donors (Lipinski definition) is 1. The first kappa shape index (κ1) is 8.45. The van der Waals surface area contributed by atoms with E-state index >= 15 is 0 Å². The van der Waals surface area contributed by atoms with Gasteiger partial charge in [-0.25, -0.2) is 0 Å². The molecule has 2 heterocycles. The van der Waals surface area contributed by atoms with E-state index in [-0.39, 0.29) is 11.7 Å². The van der Waals surface area contributed by atoms with E-state index in [1.807, 2.05) is 0 Å². The first-order valence-electron chi connectivity index (χ1n) is 3.33. The van der Waals surface area contributed by atoms with Gasteiger partial charge in [0.1, 0.15) is 6.33 Å². The van der Waals surface area contributed by atoms with E-state index in [0.29, 0.717) is 4.96 Å². The molecule has 13 heavy (non-hydrogen) atoms. The van der Waals surface area contributed by atoms with Gasteiger partial charge in [0.2, 0.25) is 10.9 Å². The predicted molar refractivity (Wildman–Crippen MR) is 48.6 cm³/mol. The number of hydrogen-bond acceptors (Lipinski definition) is 6. The first-order valence-corrected chi connectivity index (χ1v) is 5.14. The molecule has 0 saturated heterocycles. The average molecular weight is 215 g/mol. The maximum Gasteiger partial charge on any atom is 0.235 e. The van der Waals surface area contributed by atoms with E-state index in [0.717, 1.165) is 4.34 Å². The summed E-state index contributed by atoms with van der Waals surface area (Å²) in [5.41, 5.74) is 4.99. The lowest BCUT2D eigenvalue weighted by atomic mass is 10.8. The zero-order valence-electron chi connectivity index (χ0n) is 6.38. The van der Waals surface area contributed by atoms with Crippen molar-refractivity contribution < 1.29 is 4.79 Å². The number of nitrogens with zero attached hydrogens (tertiary/aromatic N) is 4. The van der Waals surface area contributed by atoms with Gasteiger partial charge in [0.05, 0.1) is 5.75 Å². The second-order valence-corrected chi connectivity index (χ2v) is 4.36. The fourth-order valence-electron chi connectivity index (χ4n) is 0.733. The topological polar surface area (TPSA) is 86.2 Å². The molecule has 0 saturated carbocycles. The second kappa shape index (κ2) is 3.30. The van der Waals surface area contributed by atoms with Crippen molar-refractivity contribution >= 4 is 34.0 Å². The molecule has 0 spiro atoms. The molecular formula is C5H5N5OS2. The average Bonchev–Trinajstić information content (AvgIpc) is 2.58. The summed E-state index contributed by atoms with van der Waals surface area (Å²) in [5, 5.41) is 11.6. The smallest absolute Gasteiger partial charge is 0.235 e. The fraction of sp³-hybridized carbons (Fsp3) is 0.200. The molecule has 0 radical (unpaired) electrons. The number of primary amides is 1. The van der Waals surface area contributed by atoms with Gasteiger partial charge in [-0.3, -0.25) is 4.79 Å². The number of amides is 1. The van der Waals surface area contributed by atoms with E-state index in [9.17, 15) is 4.79 Å². The molecule has 2 aromatic heterocycles. The van der Waals surface area contributed by atoms with Crippen LogP contribution in [0.25, 0.3) is 4.96 Å². The van der Waals surface area contributed by atoms with Gasteiger partial charge in [-0.1, -0.05) is 23.1 Å². The number of fused-ring (bicyclic) bond motifs is 1. The summed E-state index contributed by atoms with van der Waals surface area (Å²) in [7, 11) is 0. The lowest BCUT2D eigenvalue weighted by molar-refractivity contribution is -0.115. The molecule has 1 amide bonds. The number of carbonyl (C=O) groups is 1. The minimum Gasteiger partial charge on any atom is -0.369 e. The van der Waals surface area contributed by atoms with Gasteiger partial charge < -0.3 is 5.73 Å². The van der Waals surface area contributed by atoms with E-state index < -0.39 is 0 Å². The van der Waals surface area contributed by atoms with E-state index in [4.69, 9.17) is 5.73 Å². The Balaban J connectivity index is 2.15. The summed E-state index contributed by atoms with van der Waals surface area (Å²) in [6.07, 6.45) is 1.51. The maximum atomic E-state index is 10.5. The van der Waals surface area contributed by atoms with Gasteiger partial charge in [0.15, 0.2) is 4.34 Å². The van der Waals surface area contributed by atoms with Crippen molar-refractivity contribution in [3.8, 4) is 0 Å². The Labute approximate surface area is 81.1 Å². The van der Waals surface area contributed by atoms with Crippen molar-refractivity contribution in [1.82, 2.24) is 19.8 Å². The van der Waals surface area contributed by atoms with Gasteiger partial charge >= 0.3 is 0 Å². The molecule has 2 rings (SSSR count). The van der Waals surface area contributed by atoms with Crippen LogP contribution in [0.2, 0.25) is 0 Å². The Kier molecular flexibility index (Phi) is 2.15. The molecule has 68 valence electrons. The summed E-state index contributed by atoms with van der Waals surface area (Å²) < 4.78 is 2.33. The van der Waals surface area contributed by atoms with E-state index in [2.05, 4.69) is 15.3 Å². The number of aromatic nitrogens is 4. The molecule has 8 heteroatoms. The van der Waals surface area contributed by atoms with Crippen LogP contribution in [0.5, 0.6) is 0 Å². The fourth-order valence-corrected chi connectivity index (χ4v) is 2.33. The van der Waals surface area contributed by atoms with Crippen LogP contribution in [0.4, 0.5) is 0 Å². The van der Waals surface area contributed by atoms with E-state index in [1.54, 1.807) is 4.52 Å². The van der Waals surface area contributed by atoms with Crippen molar-refractivity contribution in [2.45, 2.75) is 4.34 Å². The molecule has 0 fully saturated rings. The van der Waals surface area contributed by atoms with Gasteiger partial charge in [-0.2, -0.15) is 4.52 Å². The normalized spacial score (nSPS) is 10.8. The lowest BCUT2D eigenvalue weighted by Gasteiger charge is -1.88. The zero-order chi connectivity index (χ0) is 9.26. The molecule has 6 nitrogen and oxygen atoms in total. The molecule has 0 aromatic carbocycles. The highest BCUT2D eigenvalue weighted by atomic mass is 32.2. The standard InChI is InChI=1S/C5H5N5OS2/c6-3(11)1-12-5-9-10-2-7-8-4(10)13-5/h2H,1H2,(H2,6,11). The number of carbonyl (C=O) groups excluding carboxylic acids is 1. The monoisotopic (exact) mass is 215 g/mol. The largest absolute Gasteiger partial charge is 0.369 e. The third kappa shape index (κ3) is 1.78. The highest BCUT2D eigenvalue weighted by molar-refractivity contribution is 8.01. The molecule has 0 unspecified atom stereocenters. The molecule has 0 atom stereocenters. The van der Waals surface area contributed by atoms with Crippen LogP contribution in [0, 0.1) is 0 Å². The quantitative estimate of drug-likeness (QED) is 0.714. The van der Waals surface area contributed by atoms with Crippen LogP contribution < -0.4 is 5.73 Å². The third-order valence-corrected chi connectivity index (χ3v) is 3.27. The Morgan fingerprint density at radius 1 is 1.77 bits per heavy atom. The summed E-state index contributed by atoms with van der Waals surface area (Å²) >= 11 is 2.68. The van der Waals surface area contributed by atoms with Gasteiger partial charge in [0, 0.05) is 0 Å². The Morgan fingerprint density at radius 2 is 2.62 bits per heavy atom. The molecular weight excluding hydrogens is 210 g/mol. The van der Waals surface area contributed by atoms with Crippen LogP contribution in [-0.2, 0) is 4.79 Å². The van der Waals surface area contributed by atoms with Crippen molar-refractivity contribution in [2.24, 2.45) is 5.73 Å². The summed E-state index contributed by atoms with van der Waals surface area (Å²) in [4.78, 5) is 11.2. The van der Waals surface area contributed by atoms with Crippen molar-refractivity contribution in [2.75, 3.05) is 5.75 Å². The van der Waals surface area contributed by atoms with Crippen LogP contribution in [0.1, 0.15) is 0 Å². The van der Waals surface area contributed by atoms with Gasteiger partial charge in [-0.05, 0) is 0 Å². The maximum absolute atomic E-state index is 10.5. The molecule has 0 aliphatic carbocycles. The van der Waals surface area contributed by atoms with Gasteiger partial charge in [-0.15, -0.1) is 15.3 Å². The minimum absolute atomic E-state index is 0.240. The third-order valence-electron chi connectivity index (χ3n) is 1.21. The molecule has 2 N–H and O–H groups in total. The number of rotatable bonds is 3. The highest BCUT2D eigenvalue weighted by Gasteiger charge is 2.06. The first-order chi connectivity index (χ1) is 6.25. The van der Waals surface area contributed by atoms with Gasteiger partial charge in [0.25, 0.3) is 0 Å². The van der Waals surface area contributed by atoms with Crippen molar-refractivity contribution in [3.05, 3.63) is 6.33 Å². The lowest BCUT2D eigenvalue weighted by Crippen LogP contribution is -2.12. The zero-order valence-corrected chi connectivity index (χ0v) is 8.01. The minimum atomic E-state index is -0.351. The Bertz CT molecular complexity index is 406. The summed E-state index contributed by atoms with van der Waals surface area (Å²) in [6, 6.07) is 0. The van der Waals surface area contributed by atoms with Crippen molar-refractivity contribution in [1.29, 1.82) is 0 Å². The van der Waals surface area contributed by atoms with Crippen LogP contribution >= 0.6 is 23.1 Å².